The zero-order valence-electron chi connectivity index (χ0n) is 8.71. The van der Waals surface area contributed by atoms with Gasteiger partial charge in [0.25, 0.3) is 0 Å². The molecule has 0 aliphatic heterocycles. The number of nitrogens with one attached hydrogen (secondary N) is 1. The van der Waals surface area contributed by atoms with E-state index in [-0.39, 0.29) is 0 Å². The van der Waals surface area contributed by atoms with Crippen molar-refractivity contribution in [1.29, 1.82) is 0 Å². The molecule has 2 aromatic rings. The number of pyridine rings is 1. The van der Waals surface area contributed by atoms with Crippen LogP contribution in [0.5, 0.6) is 0 Å². The third kappa shape index (κ3) is 2.68. The standard InChI is InChI=1S/C10H11N5S/c1-7-6-9(14-10(13-7)15-11)16-8-4-2-3-5-12-8/h2-6H,11H2,1H3,(H,13,14,15). The molecule has 0 aromatic carbocycles. The molecule has 3 N–H and O–H groups in total. The summed E-state index contributed by atoms with van der Waals surface area (Å²) in [6.45, 7) is 1.89. The van der Waals surface area contributed by atoms with Gasteiger partial charge in [0.15, 0.2) is 0 Å². The van der Waals surface area contributed by atoms with E-state index in [9.17, 15) is 0 Å². The zero-order valence-corrected chi connectivity index (χ0v) is 9.53. The van der Waals surface area contributed by atoms with Gasteiger partial charge in [-0.25, -0.2) is 20.8 Å². The predicted molar refractivity (Wildman–Crippen MR) is 62.9 cm³/mol. The second-order valence-electron chi connectivity index (χ2n) is 3.09. The fourth-order valence-electron chi connectivity index (χ4n) is 1.17. The van der Waals surface area contributed by atoms with Crippen LogP contribution in [0.25, 0.3) is 0 Å². The van der Waals surface area contributed by atoms with Crippen molar-refractivity contribution in [3.05, 3.63) is 36.2 Å². The first-order valence-electron chi connectivity index (χ1n) is 4.69. The molecular weight excluding hydrogens is 222 g/mol. The van der Waals surface area contributed by atoms with Gasteiger partial charge in [-0.05, 0) is 36.9 Å². The van der Waals surface area contributed by atoms with E-state index in [0.29, 0.717) is 5.95 Å². The van der Waals surface area contributed by atoms with Crippen LogP contribution in [0, 0.1) is 6.92 Å². The lowest BCUT2D eigenvalue weighted by Crippen LogP contribution is -2.11. The lowest BCUT2D eigenvalue weighted by atomic mass is 10.5. The summed E-state index contributed by atoms with van der Waals surface area (Å²) in [5, 5.41) is 1.71. The molecule has 0 unspecified atom stereocenters. The summed E-state index contributed by atoms with van der Waals surface area (Å²) in [6, 6.07) is 7.63. The third-order valence-electron chi connectivity index (χ3n) is 1.81. The van der Waals surface area contributed by atoms with Gasteiger partial charge >= 0.3 is 0 Å². The summed E-state index contributed by atoms with van der Waals surface area (Å²) >= 11 is 1.47. The normalized spacial score (nSPS) is 10.1. The molecule has 6 heteroatoms. The molecule has 2 rings (SSSR count). The number of rotatable bonds is 3. The van der Waals surface area contributed by atoms with E-state index in [0.717, 1.165) is 15.7 Å². The van der Waals surface area contributed by atoms with E-state index in [1.54, 1.807) is 6.20 Å². The lowest BCUT2D eigenvalue weighted by Gasteiger charge is -2.03. The van der Waals surface area contributed by atoms with E-state index in [2.05, 4.69) is 20.4 Å². The highest BCUT2D eigenvalue weighted by Crippen LogP contribution is 2.24. The average molecular weight is 233 g/mol. The van der Waals surface area contributed by atoms with Crippen LogP contribution in [0.15, 0.2) is 40.5 Å². The number of hydrogen-bond acceptors (Lipinski definition) is 6. The highest BCUT2D eigenvalue weighted by Gasteiger charge is 2.03. The Morgan fingerprint density at radius 2 is 2.12 bits per heavy atom. The van der Waals surface area contributed by atoms with Crippen LogP contribution >= 0.6 is 11.8 Å². The number of aromatic nitrogens is 3. The van der Waals surface area contributed by atoms with Crippen molar-refractivity contribution in [1.82, 2.24) is 15.0 Å². The Kier molecular flexibility index (Phi) is 3.33. The van der Waals surface area contributed by atoms with Gasteiger partial charge in [0.1, 0.15) is 10.1 Å². The SMILES string of the molecule is Cc1cc(Sc2ccccn2)nc(NN)n1. The van der Waals surface area contributed by atoms with Crippen molar-refractivity contribution >= 4 is 17.7 Å². The molecule has 0 spiro atoms. The minimum atomic E-state index is 0.415. The Bertz CT molecular complexity index is 474. The Balaban J connectivity index is 2.24. The van der Waals surface area contributed by atoms with Crippen LogP contribution in [0.4, 0.5) is 5.95 Å². The predicted octanol–water partition coefficient (Wildman–Crippen LogP) is 1.62. The summed E-state index contributed by atoms with van der Waals surface area (Å²) in [7, 11) is 0. The van der Waals surface area contributed by atoms with Crippen LogP contribution < -0.4 is 11.3 Å². The van der Waals surface area contributed by atoms with E-state index in [4.69, 9.17) is 5.84 Å². The molecule has 2 heterocycles. The molecule has 0 atom stereocenters. The van der Waals surface area contributed by atoms with Gasteiger partial charge in [-0.1, -0.05) is 6.07 Å². The van der Waals surface area contributed by atoms with Crippen molar-refractivity contribution in [2.24, 2.45) is 5.84 Å². The molecule has 0 fully saturated rings. The van der Waals surface area contributed by atoms with E-state index in [1.807, 2.05) is 31.2 Å². The monoisotopic (exact) mass is 233 g/mol. The van der Waals surface area contributed by atoms with Crippen LogP contribution in [-0.4, -0.2) is 15.0 Å². The summed E-state index contributed by atoms with van der Waals surface area (Å²) in [6.07, 6.45) is 1.75. The van der Waals surface area contributed by atoms with Gasteiger partial charge in [0.05, 0.1) is 0 Å². The third-order valence-corrected chi connectivity index (χ3v) is 2.68. The zero-order chi connectivity index (χ0) is 11.4. The fourth-order valence-corrected chi connectivity index (χ4v) is 2.01. The second kappa shape index (κ2) is 4.91. The molecule has 0 bridgehead atoms. The highest BCUT2D eigenvalue weighted by molar-refractivity contribution is 7.99. The maximum Gasteiger partial charge on any atom is 0.238 e. The molecule has 0 radical (unpaired) electrons. The average Bonchev–Trinajstić information content (AvgIpc) is 2.29. The number of nitrogens with two attached hydrogens (primary N) is 1. The van der Waals surface area contributed by atoms with E-state index in [1.165, 1.54) is 11.8 Å². The van der Waals surface area contributed by atoms with Gasteiger partial charge in [0, 0.05) is 11.9 Å². The number of hydrazine groups is 1. The summed E-state index contributed by atoms with van der Waals surface area (Å²) in [5.41, 5.74) is 3.30. The highest BCUT2D eigenvalue weighted by atomic mass is 32.2. The first-order chi connectivity index (χ1) is 7.78. The van der Waals surface area contributed by atoms with Crippen molar-refractivity contribution in [2.45, 2.75) is 17.0 Å². The molecule has 0 amide bonds. The molecule has 82 valence electrons. The van der Waals surface area contributed by atoms with E-state index < -0.39 is 0 Å². The minimum Gasteiger partial charge on any atom is -0.292 e. The molecule has 0 aliphatic rings. The van der Waals surface area contributed by atoms with Crippen molar-refractivity contribution in [3.8, 4) is 0 Å². The maximum atomic E-state index is 5.28. The quantitative estimate of drug-likeness (QED) is 0.476. The van der Waals surface area contributed by atoms with Gasteiger partial charge in [-0.15, -0.1) is 0 Å². The van der Waals surface area contributed by atoms with Crippen LogP contribution in [0.1, 0.15) is 5.69 Å². The first kappa shape index (κ1) is 10.8. The fraction of sp³-hybridized carbons (Fsp3) is 0.100. The summed E-state index contributed by atoms with van der Waals surface area (Å²) in [4.78, 5) is 12.5. The Labute approximate surface area is 97.5 Å². The Morgan fingerprint density at radius 1 is 1.25 bits per heavy atom. The topological polar surface area (TPSA) is 76.7 Å². The minimum absolute atomic E-state index is 0.415. The molecule has 0 saturated carbocycles. The second-order valence-corrected chi connectivity index (χ2v) is 4.13. The van der Waals surface area contributed by atoms with Gasteiger partial charge < -0.3 is 0 Å². The Morgan fingerprint density at radius 3 is 2.81 bits per heavy atom. The number of nitrogen functional groups attached to an aromatic ring is 1. The van der Waals surface area contributed by atoms with Gasteiger partial charge in [-0.2, -0.15) is 0 Å². The molecule has 16 heavy (non-hydrogen) atoms. The molecule has 0 saturated heterocycles. The Hall–Kier alpha value is -1.66. The number of hydrogen-bond donors (Lipinski definition) is 2. The summed E-state index contributed by atoms with van der Waals surface area (Å²) < 4.78 is 0. The summed E-state index contributed by atoms with van der Waals surface area (Å²) in [5.74, 6) is 5.70. The first-order valence-corrected chi connectivity index (χ1v) is 5.51. The maximum absolute atomic E-state index is 5.28. The van der Waals surface area contributed by atoms with Crippen molar-refractivity contribution in [2.75, 3.05) is 5.43 Å². The van der Waals surface area contributed by atoms with Crippen molar-refractivity contribution in [3.63, 3.8) is 0 Å². The number of nitrogens with zero attached hydrogens (tertiary/aromatic N) is 3. The number of anilines is 1. The van der Waals surface area contributed by atoms with E-state index >= 15 is 0 Å². The molecule has 2 aromatic heterocycles. The van der Waals surface area contributed by atoms with Crippen LogP contribution in [0.2, 0.25) is 0 Å². The van der Waals surface area contributed by atoms with Gasteiger partial charge in [-0.3, -0.25) is 5.43 Å². The van der Waals surface area contributed by atoms with Crippen molar-refractivity contribution < 1.29 is 0 Å². The van der Waals surface area contributed by atoms with Gasteiger partial charge in [0.2, 0.25) is 5.95 Å². The van der Waals surface area contributed by atoms with Crippen LogP contribution in [0.3, 0.4) is 0 Å². The molecule has 5 nitrogen and oxygen atoms in total. The van der Waals surface area contributed by atoms with Crippen LogP contribution in [-0.2, 0) is 0 Å². The smallest absolute Gasteiger partial charge is 0.238 e. The molecule has 0 aliphatic carbocycles. The number of aryl methyl sites for hydroxylation is 1. The largest absolute Gasteiger partial charge is 0.292 e. The molecular formula is C10H11N5S. The lowest BCUT2D eigenvalue weighted by molar-refractivity contribution is 0.989.